The zero-order valence-electron chi connectivity index (χ0n) is 10.5. The van der Waals surface area contributed by atoms with E-state index in [1.807, 2.05) is 6.92 Å². The molecule has 102 valence electrons. The van der Waals surface area contributed by atoms with Crippen LogP contribution in [-0.4, -0.2) is 39.9 Å². The highest BCUT2D eigenvalue weighted by Crippen LogP contribution is 2.05. The number of unbranched alkanes of at least 4 members (excludes halogenated alkanes) is 1. The Morgan fingerprint density at radius 2 is 2.00 bits per heavy atom. The molecule has 0 amide bonds. The van der Waals surface area contributed by atoms with Crippen molar-refractivity contribution in [3.05, 3.63) is 0 Å². The van der Waals surface area contributed by atoms with Gasteiger partial charge in [-0.2, -0.15) is 8.42 Å². The number of ether oxygens (including phenoxy) is 1. The number of hydrogen-bond donors (Lipinski definition) is 1. The van der Waals surface area contributed by atoms with Crippen LogP contribution in [0.4, 0.5) is 0 Å². The van der Waals surface area contributed by atoms with E-state index in [4.69, 9.17) is 10.5 Å². The number of hydrogen-bond acceptors (Lipinski definition) is 6. The van der Waals surface area contributed by atoms with Crippen LogP contribution in [0, 0.1) is 5.92 Å². The van der Waals surface area contributed by atoms with E-state index in [-0.39, 0.29) is 6.61 Å². The summed E-state index contributed by atoms with van der Waals surface area (Å²) in [6.45, 7) is 3.83. The van der Waals surface area contributed by atoms with Crippen LogP contribution in [0.3, 0.4) is 0 Å². The zero-order valence-corrected chi connectivity index (χ0v) is 11.3. The fourth-order valence-electron chi connectivity index (χ4n) is 0.980. The highest BCUT2D eigenvalue weighted by Gasteiger charge is 2.23. The first kappa shape index (κ1) is 16.3. The molecule has 2 unspecified atom stereocenters. The summed E-state index contributed by atoms with van der Waals surface area (Å²) in [5.74, 6) is -0.943. The Bertz CT molecular complexity index is 328. The van der Waals surface area contributed by atoms with Gasteiger partial charge in [0, 0.05) is 5.92 Å². The Balaban J connectivity index is 4.02. The Morgan fingerprint density at radius 1 is 1.41 bits per heavy atom. The van der Waals surface area contributed by atoms with E-state index in [0.29, 0.717) is 6.61 Å². The molecule has 17 heavy (non-hydrogen) atoms. The molecule has 2 atom stereocenters. The second-order valence-electron chi connectivity index (χ2n) is 4.01. The first-order chi connectivity index (χ1) is 7.78. The summed E-state index contributed by atoms with van der Waals surface area (Å²) in [4.78, 5) is 11.4. The molecule has 0 aromatic heterocycles. The van der Waals surface area contributed by atoms with Crippen LogP contribution in [0.1, 0.15) is 26.7 Å². The molecule has 0 aromatic carbocycles. The molecule has 6 nitrogen and oxygen atoms in total. The Labute approximate surface area is 103 Å². The van der Waals surface area contributed by atoms with Crippen LogP contribution >= 0.6 is 0 Å². The van der Waals surface area contributed by atoms with Crippen molar-refractivity contribution in [3.8, 4) is 0 Å². The van der Waals surface area contributed by atoms with E-state index in [2.05, 4.69) is 4.18 Å². The number of carbonyl (C=O) groups is 1. The van der Waals surface area contributed by atoms with Crippen LogP contribution in [0.5, 0.6) is 0 Å². The second-order valence-corrected chi connectivity index (χ2v) is 5.66. The predicted molar refractivity (Wildman–Crippen MR) is 63.8 cm³/mol. The Hall–Kier alpha value is -0.660. The van der Waals surface area contributed by atoms with Gasteiger partial charge < -0.3 is 10.5 Å². The highest BCUT2D eigenvalue weighted by atomic mass is 32.2. The third-order valence-electron chi connectivity index (χ3n) is 2.17. The molecule has 0 saturated heterocycles. The fourth-order valence-corrected chi connectivity index (χ4v) is 1.44. The minimum absolute atomic E-state index is 0.122. The summed E-state index contributed by atoms with van der Waals surface area (Å²) in [6.07, 6.45) is 2.66. The summed E-state index contributed by atoms with van der Waals surface area (Å²) in [5, 5.41) is 0. The third-order valence-corrected chi connectivity index (χ3v) is 2.74. The van der Waals surface area contributed by atoms with Gasteiger partial charge in [0.05, 0.1) is 19.5 Å². The van der Waals surface area contributed by atoms with Crippen LogP contribution < -0.4 is 5.73 Å². The lowest BCUT2D eigenvalue weighted by Gasteiger charge is -2.17. The number of rotatable bonds is 8. The van der Waals surface area contributed by atoms with Gasteiger partial charge in [-0.1, -0.05) is 20.3 Å². The maximum atomic E-state index is 11.4. The lowest BCUT2D eigenvalue weighted by molar-refractivity contribution is -0.146. The molecule has 0 bridgehead atoms. The smallest absolute Gasteiger partial charge is 0.323 e. The third kappa shape index (κ3) is 8.12. The van der Waals surface area contributed by atoms with Gasteiger partial charge in [-0.25, -0.2) is 0 Å². The van der Waals surface area contributed by atoms with E-state index < -0.39 is 28.0 Å². The minimum atomic E-state index is -3.51. The molecule has 0 saturated carbocycles. The first-order valence-corrected chi connectivity index (χ1v) is 7.36. The van der Waals surface area contributed by atoms with Gasteiger partial charge in [0.1, 0.15) is 6.04 Å². The van der Waals surface area contributed by atoms with Gasteiger partial charge in [0.2, 0.25) is 0 Å². The van der Waals surface area contributed by atoms with Gasteiger partial charge in [0.15, 0.2) is 0 Å². The quantitative estimate of drug-likeness (QED) is 0.385. The first-order valence-electron chi connectivity index (χ1n) is 5.54. The molecule has 0 rings (SSSR count). The van der Waals surface area contributed by atoms with Crippen molar-refractivity contribution in [2.45, 2.75) is 32.7 Å². The lowest BCUT2D eigenvalue weighted by atomic mass is 10.0. The largest absolute Gasteiger partial charge is 0.465 e. The number of esters is 1. The van der Waals surface area contributed by atoms with Crippen molar-refractivity contribution in [1.82, 2.24) is 0 Å². The molecule has 0 heterocycles. The monoisotopic (exact) mass is 267 g/mol. The Morgan fingerprint density at radius 3 is 2.47 bits per heavy atom. The number of nitrogens with two attached hydrogens (primary N) is 1. The average molecular weight is 267 g/mol. The molecule has 0 radical (unpaired) electrons. The summed E-state index contributed by atoms with van der Waals surface area (Å²) in [6, 6.07) is -0.867. The summed E-state index contributed by atoms with van der Waals surface area (Å²) >= 11 is 0. The Kier molecular flexibility index (Phi) is 7.33. The highest BCUT2D eigenvalue weighted by molar-refractivity contribution is 7.85. The zero-order chi connectivity index (χ0) is 13.5. The van der Waals surface area contributed by atoms with Crippen LogP contribution in [0.15, 0.2) is 0 Å². The normalized spacial score (nSPS) is 15.3. The molecule has 0 aliphatic carbocycles. The van der Waals surface area contributed by atoms with Crippen molar-refractivity contribution in [3.63, 3.8) is 0 Å². The van der Waals surface area contributed by atoms with E-state index >= 15 is 0 Å². The summed E-state index contributed by atoms with van der Waals surface area (Å²) in [5.41, 5.74) is 5.62. The molecule has 0 spiro atoms. The average Bonchev–Trinajstić information content (AvgIpc) is 2.24. The van der Waals surface area contributed by atoms with Crippen molar-refractivity contribution < 1.29 is 22.1 Å². The molecule has 2 N–H and O–H groups in total. The maximum absolute atomic E-state index is 11.4. The van der Waals surface area contributed by atoms with E-state index in [1.54, 1.807) is 6.92 Å². The topological polar surface area (TPSA) is 95.7 Å². The molecule has 7 heteroatoms. The van der Waals surface area contributed by atoms with Crippen molar-refractivity contribution in [2.75, 3.05) is 19.5 Å². The molecular formula is C10H21NO5S. The van der Waals surface area contributed by atoms with Gasteiger partial charge >= 0.3 is 5.97 Å². The minimum Gasteiger partial charge on any atom is -0.465 e. The SMILES string of the molecule is CCCCOC(=O)C(N)C(C)COS(C)(=O)=O. The van der Waals surface area contributed by atoms with Gasteiger partial charge in [-0.05, 0) is 6.42 Å². The second kappa shape index (κ2) is 7.62. The molecule has 0 aromatic rings. The van der Waals surface area contributed by atoms with Crippen molar-refractivity contribution in [2.24, 2.45) is 11.7 Å². The van der Waals surface area contributed by atoms with Crippen molar-refractivity contribution in [1.29, 1.82) is 0 Å². The van der Waals surface area contributed by atoms with Gasteiger partial charge in [-0.3, -0.25) is 8.98 Å². The van der Waals surface area contributed by atoms with Crippen molar-refractivity contribution >= 4 is 16.1 Å². The van der Waals surface area contributed by atoms with Crippen LogP contribution in [-0.2, 0) is 23.8 Å². The maximum Gasteiger partial charge on any atom is 0.323 e. The molecular weight excluding hydrogens is 246 g/mol. The fraction of sp³-hybridized carbons (Fsp3) is 0.900. The van der Waals surface area contributed by atoms with E-state index in [1.165, 1.54) is 0 Å². The van der Waals surface area contributed by atoms with Crippen LogP contribution in [0.2, 0.25) is 0 Å². The standard InChI is InChI=1S/C10H21NO5S/c1-4-5-6-15-10(12)9(11)8(2)7-16-17(3,13)14/h8-9H,4-7,11H2,1-3H3. The summed E-state index contributed by atoms with van der Waals surface area (Å²) in [7, 11) is -3.51. The molecule has 0 aliphatic heterocycles. The van der Waals surface area contributed by atoms with E-state index in [0.717, 1.165) is 19.1 Å². The summed E-state index contributed by atoms with van der Waals surface area (Å²) < 4.78 is 31.0. The van der Waals surface area contributed by atoms with Gasteiger partial charge in [-0.15, -0.1) is 0 Å². The predicted octanol–water partition coefficient (Wildman–Crippen LogP) is 0.269. The molecule has 0 fully saturated rings. The van der Waals surface area contributed by atoms with Crippen LogP contribution in [0.25, 0.3) is 0 Å². The van der Waals surface area contributed by atoms with E-state index in [9.17, 15) is 13.2 Å². The lowest BCUT2D eigenvalue weighted by Crippen LogP contribution is -2.40. The molecule has 0 aliphatic rings. The number of carbonyl (C=O) groups excluding carboxylic acids is 1. The van der Waals surface area contributed by atoms with Gasteiger partial charge in [0.25, 0.3) is 10.1 Å².